The molecular formula is C30H36ClFN2O2. The van der Waals surface area contributed by atoms with Gasteiger partial charge in [-0.1, -0.05) is 60.1 Å². The lowest BCUT2D eigenvalue weighted by atomic mass is 10.0. The molecule has 0 radical (unpaired) electrons. The lowest BCUT2D eigenvalue weighted by Crippen LogP contribution is -2.22. The van der Waals surface area contributed by atoms with Crippen molar-refractivity contribution in [1.82, 2.24) is 4.90 Å². The molecule has 1 aliphatic rings. The number of alkyl halides is 1. The van der Waals surface area contributed by atoms with E-state index in [0.717, 1.165) is 53.4 Å². The number of carbonyl (C=O) groups is 1. The number of likely N-dealkylation sites (tertiary alicyclic amines) is 1. The number of nitrogens with two attached hydrogens (primary N) is 1. The van der Waals surface area contributed by atoms with E-state index in [-0.39, 0.29) is 18.4 Å². The Morgan fingerprint density at radius 2 is 1.58 bits per heavy atom. The van der Waals surface area contributed by atoms with Gasteiger partial charge in [0.2, 0.25) is 5.91 Å². The summed E-state index contributed by atoms with van der Waals surface area (Å²) >= 11 is 5.83. The van der Waals surface area contributed by atoms with Gasteiger partial charge in [0.05, 0.1) is 12.5 Å². The minimum atomic E-state index is -0.604. The van der Waals surface area contributed by atoms with E-state index in [0.29, 0.717) is 13.0 Å². The van der Waals surface area contributed by atoms with Crippen molar-refractivity contribution in [2.45, 2.75) is 51.8 Å². The summed E-state index contributed by atoms with van der Waals surface area (Å²) < 4.78 is 18.6. The Morgan fingerprint density at radius 3 is 2.11 bits per heavy atom. The van der Waals surface area contributed by atoms with Crippen molar-refractivity contribution < 1.29 is 13.9 Å². The van der Waals surface area contributed by atoms with Crippen LogP contribution in [0.1, 0.15) is 37.8 Å². The van der Waals surface area contributed by atoms with Crippen molar-refractivity contribution in [3.05, 3.63) is 88.9 Å². The molecule has 1 heterocycles. The van der Waals surface area contributed by atoms with Crippen molar-refractivity contribution in [1.29, 1.82) is 0 Å². The smallest absolute Gasteiger partial charge is 0.221 e. The van der Waals surface area contributed by atoms with Gasteiger partial charge in [0.15, 0.2) is 0 Å². The highest BCUT2D eigenvalue weighted by Crippen LogP contribution is 2.22. The van der Waals surface area contributed by atoms with E-state index < -0.39 is 6.17 Å². The Labute approximate surface area is 219 Å². The highest BCUT2D eigenvalue weighted by Gasteiger charge is 2.20. The van der Waals surface area contributed by atoms with E-state index in [1.165, 1.54) is 5.56 Å². The molecular weight excluding hydrogens is 475 g/mol. The second-order valence-corrected chi connectivity index (χ2v) is 9.88. The molecule has 1 atom stereocenters. The number of rotatable bonds is 9. The number of ether oxygens (including phenoxy) is 1. The molecule has 0 aromatic heterocycles. The molecule has 1 aliphatic heterocycles. The fraction of sp³-hybridized carbons (Fsp3) is 0.367. The molecule has 3 aromatic carbocycles. The maximum absolute atomic E-state index is 13.0. The minimum Gasteiger partial charge on any atom is -0.491 e. The third kappa shape index (κ3) is 9.63. The van der Waals surface area contributed by atoms with Gasteiger partial charge in [-0.2, -0.15) is 0 Å². The molecule has 0 spiro atoms. The first-order chi connectivity index (χ1) is 17.3. The van der Waals surface area contributed by atoms with Crippen LogP contribution in [0.4, 0.5) is 4.39 Å². The average Bonchev–Trinajstić information content (AvgIpc) is 3.26. The van der Waals surface area contributed by atoms with Crippen molar-refractivity contribution in [3.63, 3.8) is 0 Å². The van der Waals surface area contributed by atoms with Gasteiger partial charge >= 0.3 is 0 Å². The summed E-state index contributed by atoms with van der Waals surface area (Å²) in [6.07, 6.45) is 2.75. The van der Waals surface area contributed by atoms with Crippen LogP contribution in [0.25, 0.3) is 11.1 Å². The Bertz CT molecular complexity index is 1070. The van der Waals surface area contributed by atoms with Crippen LogP contribution in [0.15, 0.2) is 72.8 Å². The van der Waals surface area contributed by atoms with Crippen molar-refractivity contribution in [2.24, 2.45) is 5.73 Å². The van der Waals surface area contributed by atoms with Crippen LogP contribution in [-0.4, -0.2) is 42.7 Å². The first-order valence-corrected chi connectivity index (χ1v) is 12.9. The molecule has 6 heteroatoms. The number of hydrogen-bond acceptors (Lipinski definition) is 3. The van der Waals surface area contributed by atoms with E-state index in [4.69, 9.17) is 22.1 Å². The average molecular weight is 511 g/mol. The number of nitrogens with zero attached hydrogens (tertiary/aromatic N) is 1. The lowest BCUT2D eigenvalue weighted by Gasteiger charge is -2.14. The molecule has 0 bridgehead atoms. The fourth-order valence-electron chi connectivity index (χ4n) is 4.16. The van der Waals surface area contributed by atoms with Crippen LogP contribution < -0.4 is 10.5 Å². The number of aryl methyl sites for hydroxylation is 1. The van der Waals surface area contributed by atoms with Gasteiger partial charge in [0.25, 0.3) is 0 Å². The number of hydrogen-bond donors (Lipinski definition) is 1. The zero-order valence-corrected chi connectivity index (χ0v) is 21.9. The summed E-state index contributed by atoms with van der Waals surface area (Å²) in [5.74, 6) is 0.614. The van der Waals surface area contributed by atoms with Gasteiger partial charge in [-0.3, -0.25) is 4.79 Å². The molecule has 1 fully saturated rings. The topological polar surface area (TPSA) is 55.6 Å². The van der Waals surface area contributed by atoms with Crippen LogP contribution >= 0.6 is 11.6 Å². The maximum atomic E-state index is 13.0. The summed E-state index contributed by atoms with van der Waals surface area (Å²) in [6, 6.07) is 23.7. The van der Waals surface area contributed by atoms with Gasteiger partial charge in [-0.15, -0.1) is 0 Å². The van der Waals surface area contributed by atoms with Gasteiger partial charge in [0.1, 0.15) is 11.9 Å². The molecule has 192 valence electrons. The number of benzene rings is 3. The van der Waals surface area contributed by atoms with E-state index in [2.05, 4.69) is 17.0 Å². The van der Waals surface area contributed by atoms with Crippen LogP contribution in [-0.2, 0) is 17.6 Å². The van der Waals surface area contributed by atoms with Crippen molar-refractivity contribution in [2.75, 3.05) is 19.6 Å². The Balaban J connectivity index is 0.000000202. The van der Waals surface area contributed by atoms with E-state index in [9.17, 15) is 9.18 Å². The summed E-state index contributed by atoms with van der Waals surface area (Å²) in [6.45, 7) is 6.61. The number of primary amides is 1. The Kier molecular flexibility index (Phi) is 10.8. The molecule has 36 heavy (non-hydrogen) atoms. The fourth-order valence-corrected chi connectivity index (χ4v) is 4.29. The lowest BCUT2D eigenvalue weighted by molar-refractivity contribution is -0.117. The maximum Gasteiger partial charge on any atom is 0.221 e. The molecule has 2 N–H and O–H groups in total. The van der Waals surface area contributed by atoms with Crippen LogP contribution in [0.5, 0.6) is 5.75 Å². The second-order valence-electron chi connectivity index (χ2n) is 9.45. The predicted octanol–water partition coefficient (Wildman–Crippen LogP) is 6.49. The molecule has 0 aliphatic carbocycles. The quantitative estimate of drug-likeness (QED) is 0.358. The minimum absolute atomic E-state index is 0.217. The van der Waals surface area contributed by atoms with Gasteiger partial charge in [-0.25, -0.2) is 4.39 Å². The standard InChI is InChI=1S/C16H24FNO.C14H12ClNO/c1-13(2)19-16-7-5-14(6-8-16)4-3-10-18-11-9-15(17)12-18;15-13-7-5-12(6-8-13)11-3-1-10(2-4-11)9-14(16)17/h5-8,13,15H,3-4,9-12H2,1-2H3;1-8H,9H2,(H2,16,17). The largest absolute Gasteiger partial charge is 0.491 e. The molecule has 0 saturated carbocycles. The molecule has 3 aromatic rings. The number of halogens is 2. The molecule has 1 amide bonds. The van der Waals surface area contributed by atoms with E-state index in [1.54, 1.807) is 0 Å². The van der Waals surface area contributed by atoms with Gasteiger partial charge in [-0.05, 0) is 86.2 Å². The van der Waals surface area contributed by atoms with Crippen LogP contribution in [0.3, 0.4) is 0 Å². The SMILES string of the molecule is CC(C)Oc1ccc(CCCN2CCC(F)C2)cc1.NC(=O)Cc1ccc(-c2ccc(Cl)cc2)cc1. The third-order valence-electron chi connectivity index (χ3n) is 5.96. The van der Waals surface area contributed by atoms with Crippen molar-refractivity contribution in [3.8, 4) is 16.9 Å². The Hall–Kier alpha value is -2.89. The zero-order valence-electron chi connectivity index (χ0n) is 21.1. The summed E-state index contributed by atoms with van der Waals surface area (Å²) in [5.41, 5.74) is 9.58. The third-order valence-corrected chi connectivity index (χ3v) is 6.21. The molecule has 1 saturated heterocycles. The normalized spacial score (nSPS) is 15.4. The second kappa shape index (κ2) is 14.0. The van der Waals surface area contributed by atoms with Crippen LogP contribution in [0, 0.1) is 0 Å². The first-order valence-electron chi connectivity index (χ1n) is 12.5. The van der Waals surface area contributed by atoms with E-state index >= 15 is 0 Å². The van der Waals surface area contributed by atoms with Crippen LogP contribution in [0.2, 0.25) is 5.02 Å². The highest BCUT2D eigenvalue weighted by atomic mass is 35.5. The van der Waals surface area contributed by atoms with Gasteiger partial charge < -0.3 is 15.4 Å². The Morgan fingerprint density at radius 1 is 1.00 bits per heavy atom. The first kappa shape index (κ1) is 27.7. The zero-order chi connectivity index (χ0) is 25.9. The molecule has 4 nitrogen and oxygen atoms in total. The molecule has 4 rings (SSSR count). The summed E-state index contributed by atoms with van der Waals surface area (Å²) in [4.78, 5) is 13.0. The number of carbonyl (C=O) groups excluding carboxylic acids is 1. The van der Waals surface area contributed by atoms with Crippen molar-refractivity contribution >= 4 is 17.5 Å². The van der Waals surface area contributed by atoms with Gasteiger partial charge in [0, 0.05) is 18.1 Å². The number of amides is 1. The summed E-state index contributed by atoms with van der Waals surface area (Å²) in [7, 11) is 0. The predicted molar refractivity (Wildman–Crippen MR) is 146 cm³/mol. The molecule has 1 unspecified atom stereocenters. The summed E-state index contributed by atoms with van der Waals surface area (Å²) in [5, 5.41) is 0.721. The van der Waals surface area contributed by atoms with E-state index in [1.807, 2.05) is 74.5 Å². The highest BCUT2D eigenvalue weighted by molar-refractivity contribution is 6.30. The monoisotopic (exact) mass is 510 g/mol.